The lowest BCUT2D eigenvalue weighted by Crippen LogP contribution is -2.45. The molecule has 0 aliphatic carbocycles. The summed E-state index contributed by atoms with van der Waals surface area (Å²) in [6.45, 7) is 14.1. The number of carbonyl (C=O) groups excluding carboxylic acids is 1. The Hall–Kier alpha value is -1.89. The number of hydrogen-bond acceptors (Lipinski definition) is 5. The summed E-state index contributed by atoms with van der Waals surface area (Å²) in [7, 11) is 0. The first kappa shape index (κ1) is 19.4. The van der Waals surface area contributed by atoms with Crippen LogP contribution in [0.3, 0.4) is 0 Å². The third kappa shape index (κ3) is 4.39. The number of hydrogen-bond donors (Lipinski definition) is 0. The van der Waals surface area contributed by atoms with Gasteiger partial charge in [0.05, 0.1) is 10.9 Å². The van der Waals surface area contributed by atoms with Gasteiger partial charge < -0.3 is 4.90 Å². The molecular formula is C18H27N5OS. The zero-order chi connectivity index (χ0) is 18.7. The van der Waals surface area contributed by atoms with Crippen LogP contribution in [0.5, 0.6) is 0 Å². The van der Waals surface area contributed by atoms with Gasteiger partial charge >= 0.3 is 0 Å². The van der Waals surface area contributed by atoms with Gasteiger partial charge in [0.15, 0.2) is 0 Å². The zero-order valence-corrected chi connectivity index (χ0v) is 16.8. The lowest BCUT2D eigenvalue weighted by molar-refractivity contribution is -0.133. The van der Waals surface area contributed by atoms with Crippen LogP contribution >= 0.6 is 11.8 Å². The molecule has 0 bridgehead atoms. The van der Waals surface area contributed by atoms with Crippen LogP contribution < -0.4 is 0 Å². The summed E-state index contributed by atoms with van der Waals surface area (Å²) < 4.78 is 1.71. The molecule has 0 saturated carbocycles. The van der Waals surface area contributed by atoms with Crippen LogP contribution in [0, 0.1) is 13.8 Å². The highest BCUT2D eigenvalue weighted by Gasteiger charge is 2.27. The number of benzene rings is 1. The summed E-state index contributed by atoms with van der Waals surface area (Å²) >= 11 is 1.39. The fourth-order valence-corrected chi connectivity index (χ4v) is 3.73. The molecule has 2 rings (SSSR count). The first-order valence-corrected chi connectivity index (χ1v) is 9.45. The Balaban J connectivity index is 2.26. The van der Waals surface area contributed by atoms with Crippen molar-refractivity contribution in [2.45, 2.75) is 71.0 Å². The van der Waals surface area contributed by atoms with Crippen molar-refractivity contribution >= 4 is 17.7 Å². The molecular weight excluding hydrogens is 334 g/mol. The fourth-order valence-electron chi connectivity index (χ4n) is 2.87. The first-order chi connectivity index (χ1) is 11.7. The summed E-state index contributed by atoms with van der Waals surface area (Å²) in [4.78, 5) is 14.8. The minimum absolute atomic E-state index is 0.102. The molecule has 6 nitrogen and oxygen atoms in total. The van der Waals surface area contributed by atoms with E-state index in [1.54, 1.807) is 4.68 Å². The maximum absolute atomic E-state index is 12.8. The largest absolute Gasteiger partial charge is 0.337 e. The first-order valence-electron chi connectivity index (χ1n) is 8.57. The normalized spacial score (nSPS) is 12.7. The van der Waals surface area contributed by atoms with Gasteiger partial charge in [-0.15, -0.1) is 5.10 Å². The van der Waals surface area contributed by atoms with Gasteiger partial charge in [0.1, 0.15) is 0 Å². The zero-order valence-electron chi connectivity index (χ0n) is 16.0. The predicted octanol–water partition coefficient (Wildman–Crippen LogP) is 3.41. The smallest absolute Gasteiger partial charge is 0.236 e. The molecule has 1 heterocycles. The molecule has 1 aromatic carbocycles. The van der Waals surface area contributed by atoms with E-state index in [-0.39, 0.29) is 23.2 Å². The van der Waals surface area contributed by atoms with Crippen molar-refractivity contribution in [1.82, 2.24) is 25.1 Å². The van der Waals surface area contributed by atoms with Crippen molar-refractivity contribution in [2.24, 2.45) is 0 Å². The van der Waals surface area contributed by atoms with Crippen molar-refractivity contribution in [1.29, 1.82) is 0 Å². The van der Waals surface area contributed by atoms with Crippen molar-refractivity contribution in [3.63, 3.8) is 0 Å². The third-order valence-electron chi connectivity index (χ3n) is 4.03. The molecule has 1 atom stereocenters. The van der Waals surface area contributed by atoms with Crippen LogP contribution in [0.25, 0.3) is 5.69 Å². The van der Waals surface area contributed by atoms with Crippen LogP contribution in [0.15, 0.2) is 23.4 Å². The lowest BCUT2D eigenvalue weighted by Gasteiger charge is -2.32. The number of thioether (sulfide) groups is 1. The second kappa shape index (κ2) is 7.99. The fraction of sp³-hybridized carbons (Fsp3) is 0.556. The standard InChI is InChI=1S/C18H27N5OS/c1-11(2)22(12(3)4)17(24)15(7)25-18-19-20-21-23(18)16-10-13(5)8-9-14(16)6/h8-12,15H,1-7H3/t15-/m0/s1. The number of rotatable bonds is 6. The van der Waals surface area contributed by atoms with E-state index < -0.39 is 0 Å². The molecule has 25 heavy (non-hydrogen) atoms. The van der Waals surface area contributed by atoms with Crippen LogP contribution in [-0.2, 0) is 4.79 Å². The maximum atomic E-state index is 12.8. The molecule has 7 heteroatoms. The maximum Gasteiger partial charge on any atom is 0.236 e. The van der Waals surface area contributed by atoms with Gasteiger partial charge in [-0.3, -0.25) is 4.79 Å². The van der Waals surface area contributed by atoms with E-state index >= 15 is 0 Å². The van der Waals surface area contributed by atoms with Gasteiger partial charge in [-0.05, 0) is 76.1 Å². The van der Waals surface area contributed by atoms with E-state index in [0.29, 0.717) is 5.16 Å². The van der Waals surface area contributed by atoms with Gasteiger partial charge in [0.2, 0.25) is 11.1 Å². The topological polar surface area (TPSA) is 63.9 Å². The lowest BCUT2D eigenvalue weighted by atomic mass is 10.1. The number of tetrazole rings is 1. The van der Waals surface area contributed by atoms with Crippen molar-refractivity contribution < 1.29 is 4.79 Å². The van der Waals surface area contributed by atoms with Crippen LogP contribution in [0.1, 0.15) is 45.7 Å². The molecule has 0 spiro atoms. The number of amides is 1. The Bertz CT molecular complexity index is 733. The van der Waals surface area contributed by atoms with E-state index in [2.05, 4.69) is 33.7 Å². The molecule has 1 aromatic heterocycles. The van der Waals surface area contributed by atoms with Crippen LogP contribution in [0.2, 0.25) is 0 Å². The third-order valence-corrected chi connectivity index (χ3v) is 5.05. The van der Waals surface area contributed by atoms with E-state index in [1.807, 2.05) is 53.4 Å². The van der Waals surface area contributed by atoms with Crippen LogP contribution in [0.4, 0.5) is 0 Å². The van der Waals surface area contributed by atoms with Gasteiger partial charge in [-0.25, -0.2) is 0 Å². The van der Waals surface area contributed by atoms with Crippen molar-refractivity contribution in [2.75, 3.05) is 0 Å². The monoisotopic (exact) mass is 361 g/mol. The second-order valence-electron chi connectivity index (χ2n) is 6.86. The number of aromatic nitrogens is 4. The average molecular weight is 362 g/mol. The highest BCUT2D eigenvalue weighted by Crippen LogP contribution is 2.26. The number of nitrogens with zero attached hydrogens (tertiary/aromatic N) is 5. The minimum atomic E-state index is -0.264. The summed E-state index contributed by atoms with van der Waals surface area (Å²) in [5.41, 5.74) is 3.17. The van der Waals surface area contributed by atoms with E-state index in [9.17, 15) is 4.79 Å². The Morgan fingerprint density at radius 3 is 2.36 bits per heavy atom. The quantitative estimate of drug-likeness (QED) is 0.738. The van der Waals surface area contributed by atoms with Crippen molar-refractivity contribution in [3.8, 4) is 5.69 Å². The molecule has 0 saturated heterocycles. The SMILES string of the molecule is Cc1ccc(C)c(-n2nnnc2S[C@@H](C)C(=O)N(C(C)C)C(C)C)c1. The van der Waals surface area contributed by atoms with Gasteiger partial charge in [-0.2, -0.15) is 4.68 Å². The Kier molecular flexibility index (Phi) is 6.21. The summed E-state index contributed by atoms with van der Waals surface area (Å²) in [5.74, 6) is 0.102. The molecule has 0 unspecified atom stereocenters. The Morgan fingerprint density at radius 2 is 1.76 bits per heavy atom. The summed E-state index contributed by atoms with van der Waals surface area (Å²) in [6.07, 6.45) is 0. The summed E-state index contributed by atoms with van der Waals surface area (Å²) in [5, 5.41) is 12.4. The molecule has 0 radical (unpaired) electrons. The summed E-state index contributed by atoms with van der Waals surface area (Å²) in [6, 6.07) is 6.48. The molecule has 1 amide bonds. The molecule has 0 fully saturated rings. The Labute approximate surface area is 154 Å². The highest BCUT2D eigenvalue weighted by molar-refractivity contribution is 8.00. The minimum Gasteiger partial charge on any atom is -0.337 e. The van der Waals surface area contributed by atoms with E-state index in [1.165, 1.54) is 11.8 Å². The van der Waals surface area contributed by atoms with Crippen molar-refractivity contribution in [3.05, 3.63) is 29.3 Å². The number of carbonyl (C=O) groups is 1. The second-order valence-corrected chi connectivity index (χ2v) is 8.16. The van der Waals surface area contributed by atoms with Gasteiger partial charge in [0, 0.05) is 12.1 Å². The van der Waals surface area contributed by atoms with E-state index in [4.69, 9.17) is 0 Å². The average Bonchev–Trinajstić information content (AvgIpc) is 2.96. The van der Waals surface area contributed by atoms with Gasteiger partial charge in [-0.1, -0.05) is 23.9 Å². The molecule has 0 N–H and O–H groups in total. The van der Waals surface area contributed by atoms with E-state index in [0.717, 1.165) is 16.8 Å². The van der Waals surface area contributed by atoms with Crippen LogP contribution in [-0.4, -0.2) is 48.3 Å². The van der Waals surface area contributed by atoms with Gasteiger partial charge in [0.25, 0.3) is 0 Å². The highest BCUT2D eigenvalue weighted by atomic mass is 32.2. The molecule has 0 aliphatic rings. The number of aryl methyl sites for hydroxylation is 2. The molecule has 2 aromatic rings. The Morgan fingerprint density at radius 1 is 1.12 bits per heavy atom. The molecule has 136 valence electrons. The molecule has 0 aliphatic heterocycles. The predicted molar refractivity (Wildman–Crippen MR) is 101 cm³/mol.